The third kappa shape index (κ3) is 3.61. The Balaban J connectivity index is 1.62. The quantitative estimate of drug-likeness (QED) is 0.643. The first-order valence-electron chi connectivity index (χ1n) is 8.80. The lowest BCUT2D eigenvalue weighted by atomic mass is 10.3. The van der Waals surface area contributed by atoms with Gasteiger partial charge in [-0.1, -0.05) is 0 Å². The van der Waals surface area contributed by atoms with Crippen LogP contribution in [0.4, 0.5) is 11.6 Å². The third-order valence-corrected chi connectivity index (χ3v) is 6.47. The van der Waals surface area contributed by atoms with Crippen molar-refractivity contribution in [1.29, 1.82) is 5.26 Å². The number of rotatable bonds is 5. The molecule has 1 saturated heterocycles. The molecule has 0 unspecified atom stereocenters. The Morgan fingerprint density at radius 2 is 2.14 bits per heavy atom. The Morgan fingerprint density at radius 3 is 2.86 bits per heavy atom. The molecule has 0 radical (unpaired) electrons. The Labute approximate surface area is 167 Å². The summed E-state index contributed by atoms with van der Waals surface area (Å²) in [6.45, 7) is 1.39. The van der Waals surface area contributed by atoms with Gasteiger partial charge in [0, 0.05) is 31.5 Å². The topological polar surface area (TPSA) is 133 Å². The van der Waals surface area contributed by atoms with E-state index in [9.17, 15) is 8.42 Å². The lowest BCUT2D eigenvalue weighted by Gasteiger charge is -2.26. The zero-order valence-electron chi connectivity index (χ0n) is 15.5. The number of methoxy groups -OCH3 is 1. The second-order valence-corrected chi connectivity index (χ2v) is 8.21. The number of anilines is 2. The fraction of sp³-hybridized carbons (Fsp3) is 0.278. The summed E-state index contributed by atoms with van der Waals surface area (Å²) in [5, 5.41) is 12.7. The van der Waals surface area contributed by atoms with E-state index in [1.54, 1.807) is 18.5 Å². The minimum absolute atomic E-state index is 0.140. The highest BCUT2D eigenvalue weighted by Gasteiger charge is 2.27. The molecule has 1 aliphatic heterocycles. The zero-order chi connectivity index (χ0) is 20.4. The minimum atomic E-state index is -3.63. The SMILES string of the molecule is COc1cc(S(=O)(=O)N2CCOCC2)ccc1Nc1ncc2c(C#N)c[nH]c2n1. The number of nitrogens with zero attached hydrogens (tertiary/aromatic N) is 4. The number of fused-ring (bicyclic) bond motifs is 1. The van der Waals surface area contributed by atoms with Crippen molar-refractivity contribution >= 4 is 32.7 Å². The van der Waals surface area contributed by atoms with Crippen LogP contribution in [0.25, 0.3) is 11.0 Å². The fourth-order valence-electron chi connectivity index (χ4n) is 3.05. The van der Waals surface area contributed by atoms with Gasteiger partial charge in [-0.2, -0.15) is 14.6 Å². The highest BCUT2D eigenvalue weighted by atomic mass is 32.2. The van der Waals surface area contributed by atoms with Crippen LogP contribution in [0.5, 0.6) is 5.75 Å². The highest BCUT2D eigenvalue weighted by Crippen LogP contribution is 2.31. The number of nitrogens with one attached hydrogen (secondary N) is 2. The molecule has 0 spiro atoms. The van der Waals surface area contributed by atoms with Crippen molar-refractivity contribution in [3.63, 3.8) is 0 Å². The lowest BCUT2D eigenvalue weighted by Crippen LogP contribution is -2.40. The molecule has 1 aliphatic rings. The maximum atomic E-state index is 12.8. The van der Waals surface area contributed by atoms with Crippen LogP contribution in [0.2, 0.25) is 0 Å². The molecule has 1 aromatic carbocycles. The molecule has 0 amide bonds. The van der Waals surface area contributed by atoms with Crippen molar-refractivity contribution in [3.8, 4) is 11.8 Å². The maximum Gasteiger partial charge on any atom is 0.243 e. The van der Waals surface area contributed by atoms with Crippen molar-refractivity contribution in [1.82, 2.24) is 19.3 Å². The summed E-state index contributed by atoms with van der Waals surface area (Å²) in [6.07, 6.45) is 3.11. The Hall–Kier alpha value is -3.20. The van der Waals surface area contributed by atoms with Crippen molar-refractivity contribution in [3.05, 3.63) is 36.2 Å². The molecule has 150 valence electrons. The largest absolute Gasteiger partial charge is 0.495 e. The van der Waals surface area contributed by atoms with Crippen LogP contribution in [0.3, 0.4) is 0 Å². The summed E-state index contributed by atoms with van der Waals surface area (Å²) in [4.78, 5) is 11.6. The van der Waals surface area contributed by atoms with Crippen LogP contribution >= 0.6 is 0 Å². The van der Waals surface area contributed by atoms with Gasteiger partial charge in [-0.15, -0.1) is 0 Å². The van der Waals surface area contributed by atoms with Crippen molar-refractivity contribution in [2.75, 3.05) is 38.7 Å². The maximum absolute atomic E-state index is 12.8. The first-order valence-corrected chi connectivity index (χ1v) is 10.2. The molecule has 11 heteroatoms. The number of hydrogen-bond acceptors (Lipinski definition) is 8. The average molecular weight is 414 g/mol. The summed E-state index contributed by atoms with van der Waals surface area (Å²) in [6, 6.07) is 6.65. The number of benzene rings is 1. The fourth-order valence-corrected chi connectivity index (χ4v) is 4.48. The van der Waals surface area contributed by atoms with Crippen LogP contribution in [-0.4, -0.2) is 61.1 Å². The molecular formula is C18H18N6O4S. The van der Waals surface area contributed by atoms with Crippen LogP contribution in [0, 0.1) is 11.3 Å². The van der Waals surface area contributed by atoms with Gasteiger partial charge >= 0.3 is 0 Å². The van der Waals surface area contributed by atoms with E-state index in [-0.39, 0.29) is 10.8 Å². The molecule has 0 atom stereocenters. The van der Waals surface area contributed by atoms with Gasteiger partial charge in [0.25, 0.3) is 0 Å². The molecule has 0 saturated carbocycles. The van der Waals surface area contributed by atoms with Crippen molar-refractivity contribution < 1.29 is 17.9 Å². The molecular weight excluding hydrogens is 396 g/mol. The average Bonchev–Trinajstić information content (AvgIpc) is 3.17. The van der Waals surface area contributed by atoms with E-state index in [4.69, 9.17) is 14.7 Å². The normalized spacial score (nSPS) is 15.2. The third-order valence-electron chi connectivity index (χ3n) is 4.58. The van der Waals surface area contributed by atoms with E-state index in [1.807, 2.05) is 0 Å². The molecule has 3 heterocycles. The number of aromatic nitrogens is 3. The number of hydrogen-bond donors (Lipinski definition) is 2. The monoisotopic (exact) mass is 414 g/mol. The molecule has 1 fully saturated rings. The van der Waals surface area contributed by atoms with Crippen LogP contribution in [0.15, 0.2) is 35.5 Å². The smallest absolute Gasteiger partial charge is 0.243 e. The van der Waals surface area contributed by atoms with E-state index in [2.05, 4.69) is 26.3 Å². The number of nitriles is 1. The van der Waals surface area contributed by atoms with E-state index in [0.717, 1.165) is 0 Å². The second kappa shape index (κ2) is 7.67. The Kier molecular flexibility index (Phi) is 5.06. The number of aromatic amines is 1. The second-order valence-electron chi connectivity index (χ2n) is 6.27. The standard InChI is InChI=1S/C18H18N6O4S/c1-27-16-8-13(29(25,26)24-4-6-28-7-5-24)2-3-15(16)22-18-21-11-14-12(9-19)10-20-17(14)23-18/h2-3,8,10-11H,4-7H2,1H3,(H2,20,21,22,23). The summed E-state index contributed by atoms with van der Waals surface area (Å²) in [5.41, 5.74) is 1.49. The molecule has 4 rings (SSSR count). The van der Waals surface area contributed by atoms with Gasteiger partial charge in [0.05, 0.1) is 41.9 Å². The van der Waals surface area contributed by atoms with Gasteiger partial charge in [0.1, 0.15) is 17.5 Å². The molecule has 29 heavy (non-hydrogen) atoms. The molecule has 3 aromatic rings. The number of H-pyrrole nitrogens is 1. The summed E-state index contributed by atoms with van der Waals surface area (Å²) < 4.78 is 37.7. The summed E-state index contributed by atoms with van der Waals surface area (Å²) >= 11 is 0. The highest BCUT2D eigenvalue weighted by molar-refractivity contribution is 7.89. The zero-order valence-corrected chi connectivity index (χ0v) is 16.4. The summed E-state index contributed by atoms with van der Waals surface area (Å²) in [7, 11) is -2.18. The molecule has 2 aromatic heterocycles. The molecule has 0 bridgehead atoms. The first kappa shape index (κ1) is 19.1. The van der Waals surface area contributed by atoms with Crippen LogP contribution < -0.4 is 10.1 Å². The van der Waals surface area contributed by atoms with Gasteiger partial charge in [-0.3, -0.25) is 0 Å². The predicted octanol–water partition coefficient (Wildman–Crippen LogP) is 1.60. The van der Waals surface area contributed by atoms with Crippen molar-refractivity contribution in [2.45, 2.75) is 4.90 Å². The van der Waals surface area contributed by atoms with Gasteiger partial charge < -0.3 is 19.8 Å². The molecule has 10 nitrogen and oxygen atoms in total. The Bertz CT molecular complexity index is 1190. The number of ether oxygens (including phenoxy) is 2. The van der Waals surface area contributed by atoms with Crippen LogP contribution in [-0.2, 0) is 14.8 Å². The first-order chi connectivity index (χ1) is 14.0. The van der Waals surface area contributed by atoms with Gasteiger partial charge in [-0.05, 0) is 12.1 Å². The van der Waals surface area contributed by atoms with E-state index < -0.39 is 10.0 Å². The molecule has 0 aliphatic carbocycles. The van der Waals surface area contributed by atoms with Crippen LogP contribution in [0.1, 0.15) is 5.56 Å². The summed E-state index contributed by atoms with van der Waals surface area (Å²) in [5.74, 6) is 0.623. The lowest BCUT2D eigenvalue weighted by molar-refractivity contribution is 0.0730. The number of morpholine rings is 1. The van der Waals surface area contributed by atoms with E-state index >= 15 is 0 Å². The Morgan fingerprint density at radius 1 is 1.34 bits per heavy atom. The van der Waals surface area contributed by atoms with Gasteiger partial charge in [0.15, 0.2) is 0 Å². The van der Waals surface area contributed by atoms with E-state index in [0.29, 0.717) is 54.3 Å². The predicted molar refractivity (Wildman–Crippen MR) is 104 cm³/mol. The van der Waals surface area contributed by atoms with Gasteiger partial charge in [0.2, 0.25) is 16.0 Å². The number of sulfonamides is 1. The minimum Gasteiger partial charge on any atom is -0.495 e. The van der Waals surface area contributed by atoms with E-state index in [1.165, 1.54) is 23.5 Å². The molecule has 2 N–H and O–H groups in total. The van der Waals surface area contributed by atoms with Gasteiger partial charge in [-0.25, -0.2) is 13.4 Å². The van der Waals surface area contributed by atoms with Crippen molar-refractivity contribution in [2.24, 2.45) is 0 Å².